The number of aliphatic hydroxyl groups excluding tert-OH is 1. The highest BCUT2D eigenvalue weighted by Crippen LogP contribution is 2.28. The van der Waals surface area contributed by atoms with Crippen molar-refractivity contribution >= 4 is 17.5 Å². The molecule has 2 N–H and O–H groups in total. The number of carbonyl (C=O) groups is 1. The predicted octanol–water partition coefficient (Wildman–Crippen LogP) is 1.30. The van der Waals surface area contributed by atoms with Crippen LogP contribution in [-0.4, -0.2) is 23.7 Å². The van der Waals surface area contributed by atoms with Crippen LogP contribution in [0, 0.1) is 0 Å². The van der Waals surface area contributed by atoms with E-state index in [0.717, 1.165) is 5.56 Å². The third-order valence-electron chi connectivity index (χ3n) is 2.73. The molecule has 15 heavy (non-hydrogen) atoms. The normalized spacial score (nSPS) is 25.3. The fourth-order valence-corrected chi connectivity index (χ4v) is 2.07. The van der Waals surface area contributed by atoms with Gasteiger partial charge in [0.2, 0.25) is 5.91 Å². The number of hydrogen-bond acceptors (Lipinski definition) is 2. The molecule has 80 valence electrons. The highest BCUT2D eigenvalue weighted by Gasteiger charge is 2.32. The standard InChI is InChI=1S/C11H12ClNO2/c12-8-3-1-7(2-4-8)9-5-11(15)13-10(9)6-14/h1-4,9-10,14H,5-6H2,(H,13,15)/t9-,10+/m1/s1. The zero-order valence-electron chi connectivity index (χ0n) is 8.11. The molecule has 1 aliphatic rings. The SMILES string of the molecule is O=C1C[C@H](c2ccc(Cl)cc2)[C@H](CO)N1. The number of halogens is 1. The minimum absolute atomic E-state index is 0.00556. The average Bonchev–Trinajstić information content (AvgIpc) is 2.61. The second-order valence-corrected chi connectivity index (χ2v) is 4.16. The molecular weight excluding hydrogens is 214 g/mol. The molecule has 0 saturated carbocycles. The molecule has 2 rings (SSSR count). The summed E-state index contributed by atoms with van der Waals surface area (Å²) >= 11 is 5.79. The van der Waals surface area contributed by atoms with Gasteiger partial charge in [-0.05, 0) is 17.7 Å². The zero-order chi connectivity index (χ0) is 10.8. The van der Waals surface area contributed by atoms with Crippen LogP contribution in [0.25, 0.3) is 0 Å². The molecule has 0 aliphatic carbocycles. The molecule has 2 atom stereocenters. The molecule has 0 aromatic heterocycles. The maximum atomic E-state index is 11.2. The number of benzene rings is 1. The monoisotopic (exact) mass is 225 g/mol. The van der Waals surface area contributed by atoms with Crippen molar-refractivity contribution in [1.82, 2.24) is 5.32 Å². The maximum absolute atomic E-state index is 11.2. The molecule has 1 aliphatic heterocycles. The van der Waals surface area contributed by atoms with E-state index in [1.165, 1.54) is 0 Å². The Labute approximate surface area is 93.1 Å². The van der Waals surface area contributed by atoms with Crippen molar-refractivity contribution in [1.29, 1.82) is 0 Å². The van der Waals surface area contributed by atoms with Crippen molar-refractivity contribution in [3.8, 4) is 0 Å². The summed E-state index contributed by atoms with van der Waals surface area (Å²) in [6, 6.07) is 7.23. The Balaban J connectivity index is 2.22. The summed E-state index contributed by atoms with van der Waals surface area (Å²) < 4.78 is 0. The van der Waals surface area contributed by atoms with Gasteiger partial charge < -0.3 is 10.4 Å². The first-order valence-electron chi connectivity index (χ1n) is 4.86. The average molecular weight is 226 g/mol. The Morgan fingerprint density at radius 2 is 2.07 bits per heavy atom. The largest absolute Gasteiger partial charge is 0.394 e. The topological polar surface area (TPSA) is 49.3 Å². The van der Waals surface area contributed by atoms with Crippen molar-refractivity contribution in [3.05, 3.63) is 34.9 Å². The van der Waals surface area contributed by atoms with E-state index in [0.29, 0.717) is 11.4 Å². The third-order valence-corrected chi connectivity index (χ3v) is 2.98. The van der Waals surface area contributed by atoms with Gasteiger partial charge in [0, 0.05) is 17.4 Å². The van der Waals surface area contributed by atoms with Crippen LogP contribution >= 0.6 is 11.6 Å². The Morgan fingerprint density at radius 1 is 1.40 bits per heavy atom. The lowest BCUT2D eigenvalue weighted by molar-refractivity contribution is -0.119. The number of amides is 1. The van der Waals surface area contributed by atoms with Crippen LogP contribution in [0.3, 0.4) is 0 Å². The highest BCUT2D eigenvalue weighted by molar-refractivity contribution is 6.30. The van der Waals surface area contributed by atoms with Gasteiger partial charge in [-0.1, -0.05) is 23.7 Å². The first-order valence-corrected chi connectivity index (χ1v) is 5.24. The molecule has 0 radical (unpaired) electrons. The van der Waals surface area contributed by atoms with Crippen LogP contribution in [0.2, 0.25) is 5.02 Å². The van der Waals surface area contributed by atoms with Crippen molar-refractivity contribution in [2.75, 3.05) is 6.61 Å². The minimum Gasteiger partial charge on any atom is -0.394 e. The van der Waals surface area contributed by atoms with Gasteiger partial charge in [0.1, 0.15) is 0 Å². The molecule has 3 nitrogen and oxygen atoms in total. The molecule has 1 amide bonds. The molecule has 0 unspecified atom stereocenters. The van der Waals surface area contributed by atoms with Gasteiger partial charge in [-0.3, -0.25) is 4.79 Å². The van der Waals surface area contributed by atoms with Crippen molar-refractivity contribution in [2.24, 2.45) is 0 Å². The summed E-state index contributed by atoms with van der Waals surface area (Å²) in [6.45, 7) is -0.0287. The van der Waals surface area contributed by atoms with Crippen molar-refractivity contribution < 1.29 is 9.90 Å². The molecule has 1 aromatic carbocycles. The zero-order valence-corrected chi connectivity index (χ0v) is 8.87. The molecular formula is C11H12ClNO2. The molecule has 0 bridgehead atoms. The van der Waals surface area contributed by atoms with Gasteiger partial charge in [-0.15, -0.1) is 0 Å². The van der Waals surface area contributed by atoms with Crippen molar-refractivity contribution in [2.45, 2.75) is 18.4 Å². The van der Waals surface area contributed by atoms with E-state index >= 15 is 0 Å². The van der Waals surface area contributed by atoms with Crippen LogP contribution < -0.4 is 5.32 Å². The van der Waals surface area contributed by atoms with E-state index < -0.39 is 0 Å². The number of aliphatic hydroxyl groups is 1. The number of rotatable bonds is 2. The fourth-order valence-electron chi connectivity index (χ4n) is 1.94. The number of nitrogens with one attached hydrogen (secondary N) is 1. The summed E-state index contributed by atoms with van der Waals surface area (Å²) in [4.78, 5) is 11.2. The van der Waals surface area contributed by atoms with Gasteiger partial charge in [-0.25, -0.2) is 0 Å². The molecule has 4 heteroatoms. The minimum atomic E-state index is -0.168. The lowest BCUT2D eigenvalue weighted by Gasteiger charge is -2.16. The van der Waals surface area contributed by atoms with Crippen molar-refractivity contribution in [3.63, 3.8) is 0 Å². The Bertz CT molecular complexity index is 363. The molecule has 1 saturated heterocycles. The lowest BCUT2D eigenvalue weighted by Crippen LogP contribution is -2.31. The predicted molar refractivity (Wildman–Crippen MR) is 57.8 cm³/mol. The second kappa shape index (κ2) is 4.21. The first kappa shape index (κ1) is 10.5. The fraction of sp³-hybridized carbons (Fsp3) is 0.364. The lowest BCUT2D eigenvalue weighted by atomic mass is 9.92. The Hall–Kier alpha value is -1.06. The Kier molecular flexibility index (Phi) is 2.93. The molecule has 1 fully saturated rings. The van der Waals surface area contributed by atoms with Crippen LogP contribution in [0.1, 0.15) is 17.9 Å². The summed E-state index contributed by atoms with van der Waals surface area (Å²) in [5.74, 6) is 0.0498. The van der Waals surface area contributed by atoms with Gasteiger partial charge in [0.25, 0.3) is 0 Å². The second-order valence-electron chi connectivity index (χ2n) is 3.72. The maximum Gasteiger partial charge on any atom is 0.221 e. The third kappa shape index (κ3) is 2.13. The van der Waals surface area contributed by atoms with E-state index in [9.17, 15) is 4.79 Å². The van der Waals surface area contributed by atoms with Crippen LogP contribution in [0.15, 0.2) is 24.3 Å². The van der Waals surface area contributed by atoms with E-state index in [-0.39, 0.29) is 24.5 Å². The van der Waals surface area contributed by atoms with Crippen LogP contribution in [-0.2, 0) is 4.79 Å². The quantitative estimate of drug-likeness (QED) is 0.797. The Morgan fingerprint density at radius 3 is 2.67 bits per heavy atom. The van der Waals surface area contributed by atoms with Crippen LogP contribution in [0.5, 0.6) is 0 Å². The van der Waals surface area contributed by atoms with E-state index in [2.05, 4.69) is 5.32 Å². The molecule has 1 aromatic rings. The summed E-state index contributed by atoms with van der Waals surface area (Å²) in [7, 11) is 0. The number of hydrogen-bond donors (Lipinski definition) is 2. The van der Waals surface area contributed by atoms with E-state index in [1.54, 1.807) is 12.1 Å². The van der Waals surface area contributed by atoms with E-state index in [1.807, 2.05) is 12.1 Å². The molecule has 0 spiro atoms. The van der Waals surface area contributed by atoms with Gasteiger partial charge in [-0.2, -0.15) is 0 Å². The molecule has 1 heterocycles. The first-order chi connectivity index (χ1) is 7.20. The van der Waals surface area contributed by atoms with Crippen LogP contribution in [0.4, 0.5) is 0 Å². The summed E-state index contributed by atoms with van der Waals surface area (Å²) in [6.07, 6.45) is 0.437. The summed E-state index contributed by atoms with van der Waals surface area (Å²) in [5.41, 5.74) is 1.04. The van der Waals surface area contributed by atoms with Gasteiger partial charge in [0.05, 0.1) is 12.6 Å². The summed E-state index contributed by atoms with van der Waals surface area (Å²) in [5, 5.41) is 12.6. The van der Waals surface area contributed by atoms with Gasteiger partial charge >= 0.3 is 0 Å². The number of carbonyl (C=O) groups excluding carboxylic acids is 1. The highest BCUT2D eigenvalue weighted by atomic mass is 35.5. The van der Waals surface area contributed by atoms with Gasteiger partial charge in [0.15, 0.2) is 0 Å². The smallest absolute Gasteiger partial charge is 0.221 e. The van der Waals surface area contributed by atoms with E-state index in [4.69, 9.17) is 16.7 Å².